The number of nitrogens with zero attached hydrogens (tertiary/aromatic N) is 1. The van der Waals surface area contributed by atoms with Gasteiger partial charge in [-0.15, -0.1) is 0 Å². The van der Waals surface area contributed by atoms with Crippen molar-refractivity contribution in [3.8, 4) is 0 Å². The maximum Gasteiger partial charge on any atom is 0.182 e. The van der Waals surface area contributed by atoms with Gasteiger partial charge in [-0.3, -0.25) is 4.79 Å². The van der Waals surface area contributed by atoms with Crippen molar-refractivity contribution in [3.05, 3.63) is 29.8 Å². The maximum atomic E-state index is 12.3. The molecule has 0 amide bonds. The third-order valence-corrected chi connectivity index (χ3v) is 3.70. The molecule has 0 unspecified atom stereocenters. The molecule has 2 rings (SSSR count). The summed E-state index contributed by atoms with van der Waals surface area (Å²) in [4.78, 5) is 14.6. The van der Waals surface area contributed by atoms with E-state index in [1.165, 1.54) is 0 Å². The van der Waals surface area contributed by atoms with Crippen LogP contribution in [0.15, 0.2) is 24.3 Å². The number of likely N-dealkylation sites (N-methyl/N-ethyl adjacent to an activating group) is 1. The molecule has 4 nitrogen and oxygen atoms in total. The maximum absolute atomic E-state index is 12.3. The van der Waals surface area contributed by atoms with E-state index in [-0.39, 0.29) is 5.78 Å². The molecule has 4 heteroatoms. The van der Waals surface area contributed by atoms with Crippen LogP contribution in [0.1, 0.15) is 24.2 Å². The zero-order valence-corrected chi connectivity index (χ0v) is 11.9. The Labute approximate surface area is 114 Å². The van der Waals surface area contributed by atoms with Crippen LogP contribution in [-0.4, -0.2) is 44.7 Å². The van der Waals surface area contributed by atoms with E-state index in [1.54, 1.807) is 7.05 Å². The van der Waals surface area contributed by atoms with Crippen LogP contribution < -0.4 is 10.2 Å². The number of ketones is 1. The van der Waals surface area contributed by atoms with Crippen molar-refractivity contribution in [2.24, 2.45) is 0 Å². The number of carbonyl (C=O) groups is 1. The number of nitrogens with one attached hydrogen (secondary N) is 1. The molecule has 1 aromatic rings. The lowest BCUT2D eigenvalue weighted by Gasteiger charge is -2.29. The molecule has 1 fully saturated rings. The quantitative estimate of drug-likeness (QED) is 0.839. The summed E-state index contributed by atoms with van der Waals surface area (Å²) >= 11 is 0. The second-order valence-electron chi connectivity index (χ2n) is 5.35. The highest BCUT2D eigenvalue weighted by Gasteiger charge is 2.26. The van der Waals surface area contributed by atoms with Crippen molar-refractivity contribution in [2.45, 2.75) is 19.4 Å². The Morgan fingerprint density at radius 3 is 2.32 bits per heavy atom. The molecule has 0 spiro atoms. The summed E-state index contributed by atoms with van der Waals surface area (Å²) in [7, 11) is 1.81. The van der Waals surface area contributed by atoms with Crippen LogP contribution in [0.4, 0.5) is 5.69 Å². The Kier molecular flexibility index (Phi) is 4.22. The van der Waals surface area contributed by atoms with Crippen LogP contribution in [0.3, 0.4) is 0 Å². The number of Topliss-reactive ketones (excluding diaryl/α,β-unsaturated/α-hetero) is 1. The fourth-order valence-corrected chi connectivity index (χ4v) is 2.12. The van der Waals surface area contributed by atoms with Crippen molar-refractivity contribution < 1.29 is 9.53 Å². The first-order valence-corrected chi connectivity index (χ1v) is 6.71. The number of hydrogen-bond acceptors (Lipinski definition) is 4. The molecule has 19 heavy (non-hydrogen) atoms. The highest BCUT2D eigenvalue weighted by molar-refractivity contribution is 6.02. The third-order valence-electron chi connectivity index (χ3n) is 3.70. The largest absolute Gasteiger partial charge is 0.378 e. The fourth-order valence-electron chi connectivity index (χ4n) is 2.12. The predicted molar refractivity (Wildman–Crippen MR) is 76.9 cm³/mol. The molecule has 0 saturated carbocycles. The molecule has 1 aromatic carbocycles. The van der Waals surface area contributed by atoms with Crippen LogP contribution >= 0.6 is 0 Å². The summed E-state index contributed by atoms with van der Waals surface area (Å²) in [5.41, 5.74) is 1.37. The molecule has 1 aliphatic heterocycles. The monoisotopic (exact) mass is 262 g/mol. The van der Waals surface area contributed by atoms with Gasteiger partial charge in [-0.1, -0.05) is 0 Å². The van der Waals surface area contributed by atoms with Crippen LogP contribution in [0.2, 0.25) is 0 Å². The number of ether oxygens (including phenoxy) is 1. The molecule has 1 heterocycles. The van der Waals surface area contributed by atoms with E-state index in [1.807, 2.05) is 38.1 Å². The van der Waals surface area contributed by atoms with Gasteiger partial charge in [0.05, 0.1) is 18.8 Å². The van der Waals surface area contributed by atoms with Gasteiger partial charge in [-0.2, -0.15) is 0 Å². The molecule has 0 aliphatic carbocycles. The van der Waals surface area contributed by atoms with E-state index in [0.29, 0.717) is 0 Å². The van der Waals surface area contributed by atoms with E-state index < -0.39 is 5.54 Å². The van der Waals surface area contributed by atoms with E-state index in [0.717, 1.165) is 37.6 Å². The van der Waals surface area contributed by atoms with Crippen LogP contribution in [0, 0.1) is 0 Å². The molecule has 0 aromatic heterocycles. The van der Waals surface area contributed by atoms with Crippen molar-refractivity contribution in [2.75, 3.05) is 38.3 Å². The van der Waals surface area contributed by atoms with E-state index in [2.05, 4.69) is 10.2 Å². The van der Waals surface area contributed by atoms with E-state index >= 15 is 0 Å². The Bertz CT molecular complexity index is 434. The first-order valence-electron chi connectivity index (χ1n) is 6.71. The fraction of sp³-hybridized carbons (Fsp3) is 0.533. The average molecular weight is 262 g/mol. The Balaban J connectivity index is 2.12. The number of morpholine rings is 1. The second-order valence-corrected chi connectivity index (χ2v) is 5.35. The lowest BCUT2D eigenvalue weighted by Crippen LogP contribution is -2.44. The van der Waals surface area contributed by atoms with Crippen LogP contribution in [0.25, 0.3) is 0 Å². The van der Waals surface area contributed by atoms with Crippen molar-refractivity contribution in [1.82, 2.24) is 5.32 Å². The van der Waals surface area contributed by atoms with Crippen molar-refractivity contribution in [1.29, 1.82) is 0 Å². The Morgan fingerprint density at radius 1 is 1.21 bits per heavy atom. The minimum absolute atomic E-state index is 0.114. The Morgan fingerprint density at radius 2 is 1.79 bits per heavy atom. The first-order chi connectivity index (χ1) is 9.04. The van der Waals surface area contributed by atoms with Gasteiger partial charge in [-0.25, -0.2) is 0 Å². The van der Waals surface area contributed by atoms with Crippen molar-refractivity contribution >= 4 is 11.5 Å². The molecule has 0 atom stereocenters. The van der Waals surface area contributed by atoms with Crippen molar-refractivity contribution in [3.63, 3.8) is 0 Å². The lowest BCUT2D eigenvalue weighted by molar-refractivity contribution is 0.0889. The summed E-state index contributed by atoms with van der Waals surface area (Å²) in [5.74, 6) is 0.114. The number of rotatable bonds is 4. The average Bonchev–Trinajstić information content (AvgIpc) is 2.47. The van der Waals surface area contributed by atoms with Gasteiger partial charge in [0.15, 0.2) is 5.78 Å². The van der Waals surface area contributed by atoms with E-state index in [9.17, 15) is 4.79 Å². The molecule has 0 bridgehead atoms. The lowest BCUT2D eigenvalue weighted by atomic mass is 9.93. The topological polar surface area (TPSA) is 41.6 Å². The van der Waals surface area contributed by atoms with Gasteiger partial charge in [0.1, 0.15) is 0 Å². The summed E-state index contributed by atoms with van der Waals surface area (Å²) in [5, 5.41) is 3.04. The van der Waals surface area contributed by atoms with Gasteiger partial charge in [0.25, 0.3) is 0 Å². The zero-order chi connectivity index (χ0) is 13.9. The number of hydrogen-bond donors (Lipinski definition) is 1. The normalized spacial score (nSPS) is 16.5. The molecular weight excluding hydrogens is 240 g/mol. The number of benzene rings is 1. The number of anilines is 1. The smallest absolute Gasteiger partial charge is 0.182 e. The SMILES string of the molecule is CNC(C)(C)C(=O)c1ccc(N2CCOCC2)cc1. The highest BCUT2D eigenvalue weighted by Crippen LogP contribution is 2.19. The second kappa shape index (κ2) is 5.72. The first kappa shape index (κ1) is 14.0. The minimum atomic E-state index is -0.527. The molecular formula is C15H22N2O2. The summed E-state index contributed by atoms with van der Waals surface area (Å²) in [6.07, 6.45) is 0. The molecule has 1 N–H and O–H groups in total. The molecule has 1 saturated heterocycles. The van der Waals surface area contributed by atoms with Gasteiger partial charge < -0.3 is 15.0 Å². The van der Waals surface area contributed by atoms with Gasteiger partial charge in [0.2, 0.25) is 0 Å². The minimum Gasteiger partial charge on any atom is -0.378 e. The van der Waals surface area contributed by atoms with Crippen LogP contribution in [-0.2, 0) is 4.74 Å². The Hall–Kier alpha value is -1.39. The molecule has 104 valence electrons. The highest BCUT2D eigenvalue weighted by atomic mass is 16.5. The predicted octanol–water partition coefficient (Wildman–Crippen LogP) is 1.70. The van der Waals surface area contributed by atoms with Crippen LogP contribution in [0.5, 0.6) is 0 Å². The zero-order valence-electron chi connectivity index (χ0n) is 11.9. The van der Waals surface area contributed by atoms with Gasteiger partial charge in [0, 0.05) is 24.3 Å². The summed E-state index contributed by atoms with van der Waals surface area (Å²) < 4.78 is 5.34. The molecule has 0 radical (unpaired) electrons. The van der Waals surface area contributed by atoms with Gasteiger partial charge >= 0.3 is 0 Å². The standard InChI is InChI=1S/C15H22N2O2/c1-15(2,16-3)14(18)12-4-6-13(7-5-12)17-8-10-19-11-9-17/h4-7,16H,8-11H2,1-3H3. The van der Waals surface area contributed by atoms with E-state index in [4.69, 9.17) is 4.74 Å². The summed E-state index contributed by atoms with van der Waals surface area (Å²) in [6, 6.07) is 7.85. The summed E-state index contributed by atoms with van der Waals surface area (Å²) in [6.45, 7) is 7.15. The number of carbonyl (C=O) groups excluding carboxylic acids is 1. The molecule has 1 aliphatic rings. The third kappa shape index (κ3) is 3.14. The van der Waals surface area contributed by atoms with Gasteiger partial charge in [-0.05, 0) is 45.2 Å².